The van der Waals surface area contributed by atoms with E-state index in [9.17, 15) is 4.79 Å². The van der Waals surface area contributed by atoms with Gasteiger partial charge in [-0.15, -0.1) is 0 Å². The van der Waals surface area contributed by atoms with E-state index in [1.165, 1.54) is 6.20 Å². The van der Waals surface area contributed by atoms with E-state index in [0.717, 1.165) is 0 Å². The molecule has 1 aromatic rings. The predicted octanol–water partition coefficient (Wildman–Crippen LogP) is 2.03. The van der Waals surface area contributed by atoms with E-state index in [2.05, 4.69) is 11.6 Å². The second kappa shape index (κ2) is 3.47. The Morgan fingerprint density at radius 3 is 2.69 bits per heavy atom. The Balaban J connectivity index is 3.27. The highest BCUT2D eigenvalue weighted by Gasteiger charge is 2.06. The summed E-state index contributed by atoms with van der Waals surface area (Å²) in [5.41, 5.74) is 1.11. The van der Waals surface area contributed by atoms with Gasteiger partial charge in [0.25, 0.3) is 5.56 Å². The van der Waals surface area contributed by atoms with Crippen molar-refractivity contribution in [3.8, 4) is 0 Å². The molecule has 0 aromatic carbocycles. The highest BCUT2D eigenvalue weighted by Crippen LogP contribution is 2.13. The van der Waals surface area contributed by atoms with Gasteiger partial charge in [0.15, 0.2) is 0 Å². The van der Waals surface area contributed by atoms with Crippen LogP contribution in [0.3, 0.4) is 0 Å². The number of hydrogen-bond acceptors (Lipinski definition) is 2. The van der Waals surface area contributed by atoms with Crippen LogP contribution in [0.15, 0.2) is 23.6 Å². The second-order valence-electron chi connectivity index (χ2n) is 3.27. The van der Waals surface area contributed by atoms with Crippen molar-refractivity contribution in [2.45, 2.75) is 19.8 Å². The minimum atomic E-state index is -0.111. The number of nitrogens with one attached hydrogen (secondary N) is 1. The van der Waals surface area contributed by atoms with Gasteiger partial charge in [0.05, 0.1) is 0 Å². The summed E-state index contributed by atoms with van der Waals surface area (Å²) in [6.45, 7) is 7.24. The number of aliphatic hydroxyl groups is 1. The molecule has 0 amide bonds. The van der Waals surface area contributed by atoms with Crippen LogP contribution in [0.25, 0.3) is 5.76 Å². The van der Waals surface area contributed by atoms with Crippen molar-refractivity contribution in [2.75, 3.05) is 0 Å². The van der Waals surface area contributed by atoms with E-state index in [-0.39, 0.29) is 17.2 Å². The molecule has 3 heteroatoms. The molecule has 0 unspecified atom stereocenters. The lowest BCUT2D eigenvalue weighted by Gasteiger charge is -2.05. The molecular weight excluding hydrogens is 166 g/mol. The second-order valence-corrected chi connectivity index (χ2v) is 3.27. The molecule has 3 nitrogen and oxygen atoms in total. The fourth-order valence-electron chi connectivity index (χ4n) is 1.10. The molecule has 0 fully saturated rings. The van der Waals surface area contributed by atoms with E-state index in [1.807, 2.05) is 13.8 Å². The van der Waals surface area contributed by atoms with Gasteiger partial charge in [-0.05, 0) is 12.0 Å². The number of pyridine rings is 1. The fraction of sp³-hybridized carbons (Fsp3) is 0.300. The summed E-state index contributed by atoms with van der Waals surface area (Å²) in [6.07, 6.45) is 1.45. The summed E-state index contributed by atoms with van der Waals surface area (Å²) in [4.78, 5) is 13.8. The molecule has 1 rings (SSSR count). The van der Waals surface area contributed by atoms with Crippen molar-refractivity contribution < 1.29 is 5.11 Å². The number of rotatable bonds is 2. The molecule has 1 heterocycles. The summed E-state index contributed by atoms with van der Waals surface area (Å²) in [5.74, 6) is 0.112. The Morgan fingerprint density at radius 2 is 2.23 bits per heavy atom. The van der Waals surface area contributed by atoms with Crippen molar-refractivity contribution in [3.63, 3.8) is 0 Å². The van der Waals surface area contributed by atoms with Crippen LogP contribution in [0.1, 0.15) is 30.9 Å². The molecule has 0 bridgehead atoms. The Hall–Kier alpha value is -1.51. The molecule has 70 valence electrons. The lowest BCUT2D eigenvalue weighted by atomic mass is 10.0. The molecule has 0 aliphatic carbocycles. The van der Waals surface area contributed by atoms with Crippen LogP contribution in [0.4, 0.5) is 0 Å². The quantitative estimate of drug-likeness (QED) is 0.682. The maximum absolute atomic E-state index is 11.3. The predicted molar refractivity (Wildman–Crippen MR) is 52.8 cm³/mol. The average Bonchev–Trinajstić information content (AvgIpc) is 2.04. The van der Waals surface area contributed by atoms with Gasteiger partial charge >= 0.3 is 0 Å². The number of aromatic amines is 1. The molecule has 2 N–H and O–H groups in total. The van der Waals surface area contributed by atoms with Crippen LogP contribution in [-0.4, -0.2) is 10.1 Å². The largest absolute Gasteiger partial charge is 0.508 e. The molecule has 0 aliphatic heterocycles. The standard InChI is InChI=1S/C10H13NO2/c1-6(2)9-4-8(7(3)12)5-11-10(9)13/h4-6,12H,3H2,1-2H3,(H,11,13). The van der Waals surface area contributed by atoms with E-state index in [4.69, 9.17) is 5.11 Å². The molecular formula is C10H13NO2. The summed E-state index contributed by atoms with van der Waals surface area (Å²) in [6, 6.07) is 1.66. The molecule has 0 radical (unpaired) electrons. The zero-order valence-corrected chi connectivity index (χ0v) is 7.79. The summed E-state index contributed by atoms with van der Waals surface area (Å²) in [5, 5.41) is 9.10. The van der Waals surface area contributed by atoms with Crippen molar-refractivity contribution in [3.05, 3.63) is 40.3 Å². The molecule has 0 atom stereocenters. The number of aliphatic hydroxyl groups excluding tert-OH is 1. The summed E-state index contributed by atoms with van der Waals surface area (Å²) < 4.78 is 0. The first-order valence-corrected chi connectivity index (χ1v) is 4.13. The van der Waals surface area contributed by atoms with Crippen LogP contribution < -0.4 is 5.56 Å². The first-order chi connectivity index (χ1) is 6.02. The monoisotopic (exact) mass is 179 g/mol. The number of hydrogen-bond donors (Lipinski definition) is 2. The van der Waals surface area contributed by atoms with E-state index >= 15 is 0 Å². The van der Waals surface area contributed by atoms with Gasteiger partial charge in [0.2, 0.25) is 0 Å². The van der Waals surface area contributed by atoms with Crippen molar-refractivity contribution >= 4 is 5.76 Å². The minimum Gasteiger partial charge on any atom is -0.508 e. The van der Waals surface area contributed by atoms with Gasteiger partial charge in [0, 0.05) is 17.3 Å². The van der Waals surface area contributed by atoms with Crippen LogP contribution in [0.5, 0.6) is 0 Å². The molecule has 13 heavy (non-hydrogen) atoms. The highest BCUT2D eigenvalue weighted by atomic mass is 16.3. The maximum Gasteiger partial charge on any atom is 0.251 e. The van der Waals surface area contributed by atoms with E-state index in [1.54, 1.807) is 6.07 Å². The summed E-state index contributed by atoms with van der Waals surface area (Å²) >= 11 is 0. The molecule has 0 saturated carbocycles. The van der Waals surface area contributed by atoms with E-state index in [0.29, 0.717) is 11.1 Å². The van der Waals surface area contributed by atoms with Crippen LogP contribution in [-0.2, 0) is 0 Å². The Kier molecular flexibility index (Phi) is 2.56. The van der Waals surface area contributed by atoms with Crippen LogP contribution >= 0.6 is 0 Å². The summed E-state index contributed by atoms with van der Waals surface area (Å²) in [7, 11) is 0. The Bertz CT molecular complexity index is 377. The van der Waals surface area contributed by atoms with Crippen molar-refractivity contribution in [1.29, 1.82) is 0 Å². The third-order valence-corrected chi connectivity index (χ3v) is 1.89. The lowest BCUT2D eigenvalue weighted by Crippen LogP contribution is -2.13. The number of H-pyrrole nitrogens is 1. The zero-order valence-electron chi connectivity index (χ0n) is 7.79. The first kappa shape index (κ1) is 9.58. The lowest BCUT2D eigenvalue weighted by molar-refractivity contribution is 0.513. The first-order valence-electron chi connectivity index (χ1n) is 4.13. The highest BCUT2D eigenvalue weighted by molar-refractivity contribution is 5.55. The van der Waals surface area contributed by atoms with Gasteiger partial charge < -0.3 is 10.1 Å². The van der Waals surface area contributed by atoms with Crippen molar-refractivity contribution in [2.24, 2.45) is 0 Å². The SMILES string of the molecule is C=C(O)c1c[nH]c(=O)c(C(C)C)c1. The van der Waals surface area contributed by atoms with Gasteiger partial charge in [0.1, 0.15) is 5.76 Å². The Labute approximate surface area is 76.7 Å². The van der Waals surface area contributed by atoms with E-state index < -0.39 is 0 Å². The fourth-order valence-corrected chi connectivity index (χ4v) is 1.10. The maximum atomic E-state index is 11.3. The van der Waals surface area contributed by atoms with Gasteiger partial charge in [-0.25, -0.2) is 0 Å². The van der Waals surface area contributed by atoms with Crippen LogP contribution in [0, 0.1) is 0 Å². The normalized spacial score (nSPS) is 10.4. The molecule has 0 saturated heterocycles. The minimum absolute atomic E-state index is 0.0295. The van der Waals surface area contributed by atoms with Gasteiger partial charge in [-0.3, -0.25) is 4.79 Å². The Morgan fingerprint density at radius 1 is 1.62 bits per heavy atom. The third kappa shape index (κ3) is 1.99. The van der Waals surface area contributed by atoms with Crippen LogP contribution in [0.2, 0.25) is 0 Å². The molecule has 0 aliphatic rings. The van der Waals surface area contributed by atoms with Gasteiger partial charge in [-0.2, -0.15) is 0 Å². The van der Waals surface area contributed by atoms with Crippen molar-refractivity contribution in [1.82, 2.24) is 4.98 Å². The average molecular weight is 179 g/mol. The van der Waals surface area contributed by atoms with Gasteiger partial charge in [-0.1, -0.05) is 20.4 Å². The zero-order chi connectivity index (χ0) is 10.0. The number of aromatic nitrogens is 1. The topological polar surface area (TPSA) is 53.1 Å². The molecule has 1 aromatic heterocycles. The third-order valence-electron chi connectivity index (χ3n) is 1.89. The molecule has 0 spiro atoms. The smallest absolute Gasteiger partial charge is 0.251 e.